The van der Waals surface area contributed by atoms with Crippen LogP contribution in [0.1, 0.15) is 348 Å². The monoisotopic (exact) mass is 1190 g/mol. The van der Waals surface area contributed by atoms with Gasteiger partial charge in [-0.25, -0.2) is 0 Å². The number of ether oxygens (including phenoxy) is 4. The van der Waals surface area contributed by atoms with Gasteiger partial charge >= 0.3 is 11.9 Å². The van der Waals surface area contributed by atoms with Gasteiger partial charge in [0.2, 0.25) is 0 Å². The second-order valence-electron chi connectivity index (χ2n) is 25.9. The van der Waals surface area contributed by atoms with Crippen molar-refractivity contribution >= 4 is 17.9 Å². The summed E-state index contributed by atoms with van der Waals surface area (Å²) in [4.78, 5) is 37.5. The van der Waals surface area contributed by atoms with E-state index in [1.807, 2.05) is 21.1 Å². The highest BCUT2D eigenvalue weighted by Crippen LogP contribution is 2.18. The largest absolute Gasteiger partial charge is 0.545 e. The van der Waals surface area contributed by atoms with Crippen molar-refractivity contribution in [1.29, 1.82) is 0 Å². The van der Waals surface area contributed by atoms with Gasteiger partial charge in [-0.05, 0) is 83.5 Å². The molecule has 0 aliphatic carbocycles. The third kappa shape index (κ3) is 68.3. The highest BCUT2D eigenvalue weighted by Gasteiger charge is 2.22. The Morgan fingerprint density at radius 2 is 0.635 bits per heavy atom. The predicted molar refractivity (Wildman–Crippen MR) is 362 cm³/mol. The minimum atomic E-state index is -1.62. The van der Waals surface area contributed by atoms with Crippen LogP contribution < -0.4 is 5.11 Å². The number of carboxylic acid groups (broad SMARTS) is 1. The average Bonchev–Trinajstić information content (AvgIpc) is 3.49. The Labute approximate surface area is 526 Å². The van der Waals surface area contributed by atoms with Gasteiger partial charge in [0.1, 0.15) is 13.2 Å². The van der Waals surface area contributed by atoms with Gasteiger partial charge in [-0.2, -0.15) is 0 Å². The van der Waals surface area contributed by atoms with Gasteiger partial charge in [-0.3, -0.25) is 9.59 Å². The van der Waals surface area contributed by atoms with E-state index in [9.17, 15) is 19.5 Å². The van der Waals surface area contributed by atoms with Gasteiger partial charge in [0, 0.05) is 12.8 Å². The molecule has 0 aliphatic heterocycles. The molecule has 9 heteroatoms. The van der Waals surface area contributed by atoms with E-state index < -0.39 is 24.3 Å². The van der Waals surface area contributed by atoms with Gasteiger partial charge in [-0.1, -0.05) is 312 Å². The third-order valence-corrected chi connectivity index (χ3v) is 16.2. The highest BCUT2D eigenvalue weighted by molar-refractivity contribution is 5.70. The summed E-state index contributed by atoms with van der Waals surface area (Å²) < 4.78 is 22.8. The van der Waals surface area contributed by atoms with Crippen molar-refractivity contribution in [2.75, 3.05) is 47.5 Å². The lowest BCUT2D eigenvalue weighted by Crippen LogP contribution is -2.44. The molecule has 0 aromatic heterocycles. The first-order valence-corrected chi connectivity index (χ1v) is 36.4. The maximum absolute atomic E-state index is 12.9. The van der Waals surface area contributed by atoms with Crippen LogP contribution in [-0.2, 0) is 33.3 Å². The molecular weight excluding hydrogens is 1050 g/mol. The number of rotatable bonds is 68. The van der Waals surface area contributed by atoms with E-state index in [0.29, 0.717) is 23.9 Å². The lowest BCUT2D eigenvalue weighted by molar-refractivity contribution is -0.870. The lowest BCUT2D eigenvalue weighted by atomic mass is 10.0. The molecule has 0 heterocycles. The molecule has 2 atom stereocenters. The SMILES string of the molecule is CCCCCCC/C=C\C/C=C\C/C=C\CCCCCCCCCCCCC(=O)OC(COC(=O)CCCCCCCCCCCCCCCCCCCCCCCCC/C=C\C/C=C\CCCCCCC)COC(OCC[N+](C)(C)C)C(=O)[O-]. The molecule has 0 N–H and O–H groups in total. The molecule has 0 aromatic rings. The van der Waals surface area contributed by atoms with Crippen LogP contribution in [0, 0.1) is 0 Å². The average molecular weight is 1190 g/mol. The number of carboxylic acids is 1. The Balaban J connectivity index is 4.04. The summed E-state index contributed by atoms with van der Waals surface area (Å²) in [7, 11) is 5.94. The summed E-state index contributed by atoms with van der Waals surface area (Å²) >= 11 is 0. The van der Waals surface area contributed by atoms with E-state index in [2.05, 4.69) is 74.6 Å². The topological polar surface area (TPSA) is 111 Å². The molecule has 496 valence electrons. The van der Waals surface area contributed by atoms with E-state index in [-0.39, 0.29) is 32.2 Å². The number of aliphatic carboxylic acids is 1. The fourth-order valence-electron chi connectivity index (χ4n) is 10.6. The molecule has 2 unspecified atom stereocenters. The van der Waals surface area contributed by atoms with E-state index >= 15 is 0 Å². The van der Waals surface area contributed by atoms with E-state index in [4.69, 9.17) is 18.9 Å². The van der Waals surface area contributed by atoms with Crippen LogP contribution >= 0.6 is 0 Å². The van der Waals surface area contributed by atoms with Crippen LogP contribution in [0.25, 0.3) is 0 Å². The summed E-state index contributed by atoms with van der Waals surface area (Å²) in [6, 6.07) is 0. The van der Waals surface area contributed by atoms with Crippen LogP contribution in [0.5, 0.6) is 0 Å². The zero-order valence-electron chi connectivity index (χ0n) is 56.7. The Morgan fingerprint density at radius 3 is 0.941 bits per heavy atom. The first-order valence-electron chi connectivity index (χ1n) is 36.4. The number of carbonyl (C=O) groups is 3. The predicted octanol–water partition coefficient (Wildman–Crippen LogP) is 21.4. The molecule has 0 aromatic carbocycles. The third-order valence-electron chi connectivity index (χ3n) is 16.2. The van der Waals surface area contributed by atoms with Crippen molar-refractivity contribution in [2.45, 2.75) is 360 Å². The molecule has 0 aliphatic rings. The van der Waals surface area contributed by atoms with E-state index in [0.717, 1.165) is 64.2 Å². The summed E-state index contributed by atoms with van der Waals surface area (Å²) in [5.74, 6) is -2.27. The van der Waals surface area contributed by atoms with Crippen LogP contribution in [-0.4, -0.2) is 82.3 Å². The fourth-order valence-corrected chi connectivity index (χ4v) is 10.6. The minimum absolute atomic E-state index is 0.147. The van der Waals surface area contributed by atoms with Crippen LogP contribution in [0.15, 0.2) is 60.8 Å². The molecule has 85 heavy (non-hydrogen) atoms. The van der Waals surface area contributed by atoms with Gasteiger partial charge in [-0.15, -0.1) is 0 Å². The fraction of sp³-hybridized carbons (Fsp3) is 0.829. The standard InChI is InChI=1S/C76H139NO8/c1-6-8-10-12-14-16-18-20-22-24-26-28-30-32-33-34-35-36-37-38-39-40-41-43-44-46-48-50-52-54-56-58-60-62-64-66-73(78)83-70-72(71-84-76(75(80)81)82-69-68-77(3,4)5)85-74(79)67-65-63-61-59-57-55-53-51-49-47-45-42-31-29-27-25-23-21-19-17-15-13-11-9-7-2/h18-21,24-27,31,42,72,76H,6-17,22-23,28-30,32-41,43-71H2,1-5H3/b20-18-,21-19-,26-24-,27-25-,42-31-. The van der Waals surface area contributed by atoms with Gasteiger partial charge < -0.3 is 33.3 Å². The summed E-state index contributed by atoms with van der Waals surface area (Å²) in [6.45, 7) is 4.77. The molecular formula is C76H139NO8. The van der Waals surface area contributed by atoms with E-state index in [1.54, 1.807) is 0 Å². The lowest BCUT2D eigenvalue weighted by Gasteiger charge is -2.26. The number of hydrogen-bond donors (Lipinski definition) is 0. The zero-order valence-corrected chi connectivity index (χ0v) is 56.7. The van der Waals surface area contributed by atoms with Crippen molar-refractivity contribution in [3.05, 3.63) is 60.8 Å². The minimum Gasteiger partial charge on any atom is -0.545 e. The number of esters is 2. The molecule has 0 saturated carbocycles. The van der Waals surface area contributed by atoms with Crippen LogP contribution in [0.4, 0.5) is 0 Å². The molecule has 0 spiro atoms. The molecule has 0 amide bonds. The quantitative estimate of drug-likeness (QED) is 0.0195. The second kappa shape index (κ2) is 66.9. The van der Waals surface area contributed by atoms with Gasteiger partial charge in [0.25, 0.3) is 0 Å². The number of nitrogens with zero attached hydrogens (tertiary/aromatic N) is 1. The molecule has 9 nitrogen and oxygen atoms in total. The number of unbranched alkanes of at least 4 members (excludes halogenated alkanes) is 43. The normalized spacial score (nSPS) is 13.0. The first-order chi connectivity index (χ1) is 41.6. The van der Waals surface area contributed by atoms with Crippen LogP contribution in [0.3, 0.4) is 0 Å². The Bertz CT molecular complexity index is 1580. The Hall–Kier alpha value is -3.01. The summed E-state index contributed by atoms with van der Waals surface area (Å²) in [5, 5.41) is 11.8. The van der Waals surface area contributed by atoms with Gasteiger partial charge in [0.15, 0.2) is 12.4 Å². The maximum atomic E-state index is 12.9. The van der Waals surface area contributed by atoms with Crippen molar-refractivity contribution in [2.24, 2.45) is 0 Å². The number of hydrogen-bond acceptors (Lipinski definition) is 8. The molecule has 0 rings (SSSR count). The van der Waals surface area contributed by atoms with Crippen molar-refractivity contribution < 1.29 is 42.9 Å². The molecule has 0 saturated heterocycles. The van der Waals surface area contributed by atoms with E-state index in [1.165, 1.54) is 250 Å². The molecule has 0 radical (unpaired) electrons. The van der Waals surface area contributed by atoms with Crippen molar-refractivity contribution in [3.8, 4) is 0 Å². The number of likely N-dealkylation sites (N-methyl/N-ethyl adjacent to an activating group) is 1. The maximum Gasteiger partial charge on any atom is 0.306 e. The highest BCUT2D eigenvalue weighted by atomic mass is 16.7. The number of carbonyl (C=O) groups excluding carboxylic acids is 3. The van der Waals surface area contributed by atoms with Crippen LogP contribution in [0.2, 0.25) is 0 Å². The van der Waals surface area contributed by atoms with Crippen molar-refractivity contribution in [3.63, 3.8) is 0 Å². The Morgan fingerprint density at radius 1 is 0.353 bits per heavy atom. The molecule has 0 bridgehead atoms. The summed E-state index contributed by atoms with van der Waals surface area (Å²) in [6.07, 6.45) is 84.6. The summed E-state index contributed by atoms with van der Waals surface area (Å²) in [5.41, 5.74) is 0. The first kappa shape index (κ1) is 82.0. The smallest absolute Gasteiger partial charge is 0.306 e. The zero-order chi connectivity index (χ0) is 61.9. The number of allylic oxidation sites excluding steroid dienone is 10. The number of quaternary nitrogens is 1. The second-order valence-corrected chi connectivity index (χ2v) is 25.9. The molecule has 0 fully saturated rings. The Kier molecular flexibility index (Phi) is 64.6. The van der Waals surface area contributed by atoms with Crippen molar-refractivity contribution in [1.82, 2.24) is 0 Å². The van der Waals surface area contributed by atoms with Gasteiger partial charge in [0.05, 0.1) is 40.3 Å².